The summed E-state index contributed by atoms with van der Waals surface area (Å²) >= 11 is 5.88. The second kappa shape index (κ2) is 4.49. The second-order valence-corrected chi connectivity index (χ2v) is 4.04. The molecule has 0 aliphatic heterocycles. The van der Waals surface area contributed by atoms with E-state index in [0.29, 0.717) is 17.9 Å². The van der Waals surface area contributed by atoms with Crippen LogP contribution in [0, 0.1) is 0 Å². The lowest BCUT2D eigenvalue weighted by Crippen LogP contribution is -2.11. The number of aryl methyl sites for hydroxylation is 1. The fourth-order valence-corrected chi connectivity index (χ4v) is 1.69. The van der Waals surface area contributed by atoms with E-state index in [0.717, 1.165) is 16.6 Å². The number of hydrogen-bond acceptors (Lipinski definition) is 2. The summed E-state index contributed by atoms with van der Waals surface area (Å²) in [6, 6.07) is 9.43. The van der Waals surface area contributed by atoms with Gasteiger partial charge in [-0.3, -0.25) is 9.78 Å². The van der Waals surface area contributed by atoms with E-state index in [-0.39, 0.29) is 5.91 Å². The summed E-state index contributed by atoms with van der Waals surface area (Å²) in [5.41, 5.74) is 6.79. The SMILES string of the molecule is NC(=O)CCc1ccc2ccc(Cl)cc2n1. The number of hydrogen-bond donors (Lipinski definition) is 1. The predicted octanol–water partition coefficient (Wildman–Crippen LogP) is 2.31. The minimum absolute atomic E-state index is 0.312. The molecule has 0 atom stereocenters. The van der Waals surface area contributed by atoms with Gasteiger partial charge >= 0.3 is 0 Å². The number of carbonyl (C=O) groups excluding carboxylic acids is 1. The highest BCUT2D eigenvalue weighted by atomic mass is 35.5. The first-order valence-corrected chi connectivity index (χ1v) is 5.36. The molecule has 82 valence electrons. The molecule has 0 aliphatic rings. The number of aromatic nitrogens is 1. The molecular weight excluding hydrogens is 224 g/mol. The van der Waals surface area contributed by atoms with Gasteiger partial charge in [0.15, 0.2) is 0 Å². The van der Waals surface area contributed by atoms with E-state index >= 15 is 0 Å². The van der Waals surface area contributed by atoms with Gasteiger partial charge in [0, 0.05) is 22.5 Å². The van der Waals surface area contributed by atoms with Crippen molar-refractivity contribution in [2.45, 2.75) is 12.8 Å². The summed E-state index contributed by atoms with van der Waals surface area (Å²) < 4.78 is 0. The van der Waals surface area contributed by atoms with E-state index in [1.165, 1.54) is 0 Å². The number of rotatable bonds is 3. The van der Waals surface area contributed by atoms with Crippen molar-refractivity contribution in [1.82, 2.24) is 4.98 Å². The van der Waals surface area contributed by atoms with Crippen molar-refractivity contribution < 1.29 is 4.79 Å². The van der Waals surface area contributed by atoms with Crippen LogP contribution in [-0.4, -0.2) is 10.9 Å². The molecule has 4 heteroatoms. The highest BCUT2D eigenvalue weighted by Crippen LogP contribution is 2.18. The van der Waals surface area contributed by atoms with E-state index in [2.05, 4.69) is 4.98 Å². The monoisotopic (exact) mass is 234 g/mol. The molecule has 2 aromatic rings. The van der Waals surface area contributed by atoms with Gasteiger partial charge in [-0.05, 0) is 24.6 Å². The molecule has 0 saturated carbocycles. The zero-order valence-corrected chi connectivity index (χ0v) is 9.37. The van der Waals surface area contributed by atoms with Gasteiger partial charge in [0.2, 0.25) is 5.91 Å². The zero-order chi connectivity index (χ0) is 11.5. The average molecular weight is 235 g/mol. The minimum atomic E-state index is -0.312. The topological polar surface area (TPSA) is 56.0 Å². The van der Waals surface area contributed by atoms with Crippen LogP contribution in [0.15, 0.2) is 30.3 Å². The molecule has 0 aliphatic carbocycles. The third kappa shape index (κ3) is 2.49. The van der Waals surface area contributed by atoms with Gasteiger partial charge < -0.3 is 5.73 Å². The van der Waals surface area contributed by atoms with Crippen molar-refractivity contribution in [2.75, 3.05) is 0 Å². The highest BCUT2D eigenvalue weighted by molar-refractivity contribution is 6.31. The Balaban J connectivity index is 2.31. The number of pyridine rings is 1. The lowest BCUT2D eigenvalue weighted by Gasteiger charge is -2.02. The summed E-state index contributed by atoms with van der Waals surface area (Å²) in [5, 5.41) is 1.69. The molecule has 0 bridgehead atoms. The third-order valence-electron chi connectivity index (χ3n) is 2.34. The molecule has 2 N–H and O–H groups in total. The Bertz CT molecular complexity index is 540. The van der Waals surface area contributed by atoms with Gasteiger partial charge in [0.25, 0.3) is 0 Å². The van der Waals surface area contributed by atoms with E-state index in [4.69, 9.17) is 17.3 Å². The Labute approximate surface area is 98.2 Å². The standard InChI is InChI=1S/C12H11ClN2O/c13-9-3-1-8-2-4-10(5-6-12(14)16)15-11(8)7-9/h1-4,7H,5-6H2,(H2,14,16). The smallest absolute Gasteiger partial charge is 0.217 e. The Morgan fingerprint density at radius 1 is 1.31 bits per heavy atom. The van der Waals surface area contributed by atoms with Crippen LogP contribution in [-0.2, 0) is 11.2 Å². The van der Waals surface area contributed by atoms with Crippen LogP contribution >= 0.6 is 11.6 Å². The molecule has 0 saturated heterocycles. The maximum Gasteiger partial charge on any atom is 0.217 e. The second-order valence-electron chi connectivity index (χ2n) is 3.61. The van der Waals surface area contributed by atoms with Gasteiger partial charge in [-0.25, -0.2) is 0 Å². The van der Waals surface area contributed by atoms with Crippen LogP contribution < -0.4 is 5.73 Å². The van der Waals surface area contributed by atoms with E-state index in [1.54, 1.807) is 0 Å². The number of amides is 1. The first kappa shape index (κ1) is 10.9. The van der Waals surface area contributed by atoms with E-state index in [1.807, 2.05) is 30.3 Å². The van der Waals surface area contributed by atoms with Crippen LogP contribution in [0.2, 0.25) is 5.02 Å². The van der Waals surface area contributed by atoms with Crippen molar-refractivity contribution in [2.24, 2.45) is 5.73 Å². The van der Waals surface area contributed by atoms with Gasteiger partial charge in [-0.1, -0.05) is 23.7 Å². The Kier molecular flexibility index (Phi) is 3.06. The molecule has 16 heavy (non-hydrogen) atoms. The van der Waals surface area contributed by atoms with Crippen LogP contribution in [0.5, 0.6) is 0 Å². The summed E-state index contributed by atoms with van der Waals surface area (Å²) in [6.45, 7) is 0. The number of fused-ring (bicyclic) bond motifs is 1. The molecule has 0 spiro atoms. The van der Waals surface area contributed by atoms with Gasteiger partial charge in [0.05, 0.1) is 5.52 Å². The Morgan fingerprint density at radius 2 is 2.06 bits per heavy atom. The van der Waals surface area contributed by atoms with Crippen molar-refractivity contribution in [3.05, 3.63) is 41.0 Å². The number of halogens is 1. The largest absolute Gasteiger partial charge is 0.370 e. The first-order chi connectivity index (χ1) is 7.65. The maximum atomic E-state index is 10.7. The molecule has 0 radical (unpaired) electrons. The zero-order valence-electron chi connectivity index (χ0n) is 8.61. The minimum Gasteiger partial charge on any atom is -0.370 e. The number of primary amides is 1. The van der Waals surface area contributed by atoms with Gasteiger partial charge in [-0.15, -0.1) is 0 Å². The summed E-state index contributed by atoms with van der Waals surface area (Å²) in [6.07, 6.45) is 0.886. The fourth-order valence-electron chi connectivity index (χ4n) is 1.52. The maximum absolute atomic E-state index is 10.7. The summed E-state index contributed by atoms with van der Waals surface area (Å²) in [5.74, 6) is -0.312. The fraction of sp³-hybridized carbons (Fsp3) is 0.167. The molecule has 0 fully saturated rings. The number of nitrogens with zero attached hydrogens (tertiary/aromatic N) is 1. The predicted molar refractivity (Wildman–Crippen MR) is 64.3 cm³/mol. The highest BCUT2D eigenvalue weighted by Gasteiger charge is 2.01. The first-order valence-electron chi connectivity index (χ1n) is 4.98. The number of carbonyl (C=O) groups is 1. The molecular formula is C12H11ClN2O. The Hall–Kier alpha value is -1.61. The van der Waals surface area contributed by atoms with Crippen molar-refractivity contribution in [1.29, 1.82) is 0 Å². The van der Waals surface area contributed by atoms with Gasteiger partial charge in [0.1, 0.15) is 0 Å². The van der Waals surface area contributed by atoms with E-state index in [9.17, 15) is 4.79 Å². The molecule has 1 aromatic heterocycles. The number of nitrogens with two attached hydrogens (primary N) is 1. The van der Waals surface area contributed by atoms with Crippen LogP contribution in [0.1, 0.15) is 12.1 Å². The summed E-state index contributed by atoms with van der Waals surface area (Å²) in [7, 11) is 0. The average Bonchev–Trinajstić information content (AvgIpc) is 2.25. The molecule has 2 rings (SSSR count). The quantitative estimate of drug-likeness (QED) is 0.886. The lowest BCUT2D eigenvalue weighted by molar-refractivity contribution is -0.118. The molecule has 3 nitrogen and oxygen atoms in total. The molecule has 0 unspecified atom stereocenters. The normalized spacial score (nSPS) is 10.6. The van der Waals surface area contributed by atoms with Crippen LogP contribution in [0.25, 0.3) is 10.9 Å². The van der Waals surface area contributed by atoms with Crippen LogP contribution in [0.4, 0.5) is 0 Å². The third-order valence-corrected chi connectivity index (χ3v) is 2.57. The molecule has 1 aromatic carbocycles. The molecule has 1 amide bonds. The van der Waals surface area contributed by atoms with Crippen molar-refractivity contribution in [3.8, 4) is 0 Å². The van der Waals surface area contributed by atoms with Gasteiger partial charge in [-0.2, -0.15) is 0 Å². The van der Waals surface area contributed by atoms with E-state index < -0.39 is 0 Å². The number of benzene rings is 1. The lowest BCUT2D eigenvalue weighted by atomic mass is 10.1. The van der Waals surface area contributed by atoms with Crippen molar-refractivity contribution in [3.63, 3.8) is 0 Å². The molecule has 1 heterocycles. The van der Waals surface area contributed by atoms with Crippen LogP contribution in [0.3, 0.4) is 0 Å². The van der Waals surface area contributed by atoms with Crippen molar-refractivity contribution >= 4 is 28.4 Å². The summed E-state index contributed by atoms with van der Waals surface area (Å²) in [4.78, 5) is 15.1. The Morgan fingerprint density at radius 3 is 2.81 bits per heavy atom.